The average molecular weight is 392 g/mol. The fourth-order valence-corrected chi connectivity index (χ4v) is 3.40. The van der Waals surface area contributed by atoms with Crippen LogP contribution >= 0.6 is 0 Å². The molecule has 1 N–H and O–H groups in total. The number of para-hydroxylation sites is 1. The van der Waals surface area contributed by atoms with E-state index in [-0.39, 0.29) is 11.9 Å². The molecule has 0 spiro atoms. The molecule has 0 aliphatic heterocycles. The van der Waals surface area contributed by atoms with E-state index in [2.05, 4.69) is 76.0 Å². The number of rotatable bonds is 8. The Morgan fingerprint density at radius 2 is 1.52 bits per heavy atom. The lowest BCUT2D eigenvalue weighted by molar-refractivity contribution is -0.117. The van der Waals surface area contributed by atoms with E-state index in [0.29, 0.717) is 30.5 Å². The van der Waals surface area contributed by atoms with Crippen molar-refractivity contribution in [3.63, 3.8) is 0 Å². The molecule has 0 aliphatic carbocycles. The van der Waals surface area contributed by atoms with E-state index in [4.69, 9.17) is 5.26 Å². The molecular formula is C25H33N3O. The molecule has 1 amide bonds. The smallest absolute Gasteiger partial charge is 0.238 e. The summed E-state index contributed by atoms with van der Waals surface area (Å²) in [4.78, 5) is 15.1. The Morgan fingerprint density at radius 1 is 0.966 bits per heavy atom. The number of nitriles is 1. The standard InChI is InChI=1S/C25H33N3O/c1-17(2)22-8-7-9-23(18(3)4)25(22)27-24(29)16-28(19(5)6)15-21-12-10-20(14-26)11-13-21/h7-13,17-19H,15-16H2,1-6H3,(H,27,29). The van der Waals surface area contributed by atoms with E-state index in [1.54, 1.807) is 0 Å². The lowest BCUT2D eigenvalue weighted by atomic mass is 9.92. The molecule has 0 radical (unpaired) electrons. The van der Waals surface area contributed by atoms with Crippen molar-refractivity contribution >= 4 is 11.6 Å². The lowest BCUT2D eigenvalue weighted by Crippen LogP contribution is -2.37. The number of carbonyl (C=O) groups excluding carboxylic acids is 1. The van der Waals surface area contributed by atoms with Crippen molar-refractivity contribution in [2.24, 2.45) is 0 Å². The van der Waals surface area contributed by atoms with Crippen molar-refractivity contribution in [3.8, 4) is 6.07 Å². The summed E-state index contributed by atoms with van der Waals surface area (Å²) < 4.78 is 0. The molecule has 0 saturated carbocycles. The molecule has 0 bridgehead atoms. The summed E-state index contributed by atoms with van der Waals surface area (Å²) in [6.07, 6.45) is 0. The highest BCUT2D eigenvalue weighted by Crippen LogP contribution is 2.32. The maximum atomic E-state index is 13.0. The molecule has 0 heterocycles. The van der Waals surface area contributed by atoms with Crippen LogP contribution in [0.4, 0.5) is 5.69 Å². The van der Waals surface area contributed by atoms with Crippen molar-refractivity contribution < 1.29 is 4.79 Å². The Morgan fingerprint density at radius 3 is 1.97 bits per heavy atom. The van der Waals surface area contributed by atoms with Gasteiger partial charge in [-0.25, -0.2) is 0 Å². The van der Waals surface area contributed by atoms with Crippen molar-refractivity contribution in [3.05, 3.63) is 64.7 Å². The minimum atomic E-state index is 0.00217. The van der Waals surface area contributed by atoms with Crippen LogP contribution in [0, 0.1) is 11.3 Å². The summed E-state index contributed by atoms with van der Waals surface area (Å²) in [6, 6.07) is 16.2. The third-order valence-electron chi connectivity index (χ3n) is 5.18. The van der Waals surface area contributed by atoms with Gasteiger partial charge < -0.3 is 5.32 Å². The number of anilines is 1. The van der Waals surface area contributed by atoms with E-state index in [1.807, 2.05) is 24.3 Å². The summed E-state index contributed by atoms with van der Waals surface area (Å²) in [6.45, 7) is 13.8. The molecule has 0 saturated heterocycles. The van der Waals surface area contributed by atoms with Crippen LogP contribution in [0.25, 0.3) is 0 Å². The van der Waals surface area contributed by atoms with Gasteiger partial charge in [-0.3, -0.25) is 9.69 Å². The second kappa shape index (κ2) is 10.2. The molecule has 4 heteroatoms. The molecule has 0 unspecified atom stereocenters. The second-order valence-electron chi connectivity index (χ2n) is 8.48. The number of hydrogen-bond donors (Lipinski definition) is 1. The van der Waals surface area contributed by atoms with Gasteiger partial charge in [0.1, 0.15) is 0 Å². The van der Waals surface area contributed by atoms with E-state index in [1.165, 1.54) is 11.1 Å². The van der Waals surface area contributed by atoms with E-state index in [9.17, 15) is 4.79 Å². The number of amides is 1. The first-order valence-electron chi connectivity index (χ1n) is 10.4. The van der Waals surface area contributed by atoms with Crippen LogP contribution in [-0.4, -0.2) is 23.4 Å². The maximum Gasteiger partial charge on any atom is 0.238 e. The molecule has 0 atom stereocenters. The van der Waals surface area contributed by atoms with Gasteiger partial charge in [0, 0.05) is 18.3 Å². The summed E-state index contributed by atoms with van der Waals surface area (Å²) in [5.41, 5.74) is 5.05. The molecule has 0 fully saturated rings. The summed E-state index contributed by atoms with van der Waals surface area (Å²) in [5.74, 6) is 0.676. The number of nitrogens with one attached hydrogen (secondary N) is 1. The molecule has 2 aromatic carbocycles. The number of carbonyl (C=O) groups is 1. The van der Waals surface area contributed by atoms with Gasteiger partial charge >= 0.3 is 0 Å². The Balaban J connectivity index is 2.18. The molecule has 0 aliphatic rings. The fourth-order valence-electron chi connectivity index (χ4n) is 3.40. The van der Waals surface area contributed by atoms with Gasteiger partial charge in [-0.2, -0.15) is 5.26 Å². The van der Waals surface area contributed by atoms with Gasteiger partial charge in [-0.15, -0.1) is 0 Å². The minimum absolute atomic E-state index is 0.00217. The van der Waals surface area contributed by atoms with Crippen molar-refractivity contribution in [2.45, 2.75) is 66.0 Å². The fraction of sp³-hybridized carbons (Fsp3) is 0.440. The van der Waals surface area contributed by atoms with Gasteiger partial charge in [-0.05, 0) is 54.5 Å². The third kappa shape index (κ3) is 6.17. The largest absolute Gasteiger partial charge is 0.324 e. The van der Waals surface area contributed by atoms with Crippen molar-refractivity contribution in [1.82, 2.24) is 4.90 Å². The summed E-state index contributed by atoms with van der Waals surface area (Å²) >= 11 is 0. The molecule has 154 valence electrons. The SMILES string of the molecule is CC(C)c1cccc(C(C)C)c1NC(=O)CN(Cc1ccc(C#N)cc1)C(C)C. The van der Waals surface area contributed by atoms with Crippen LogP contribution in [0.5, 0.6) is 0 Å². The quantitative estimate of drug-likeness (QED) is 0.632. The van der Waals surface area contributed by atoms with Crippen molar-refractivity contribution in [1.29, 1.82) is 5.26 Å². The van der Waals surface area contributed by atoms with E-state index >= 15 is 0 Å². The monoisotopic (exact) mass is 391 g/mol. The van der Waals surface area contributed by atoms with Gasteiger partial charge in [0.15, 0.2) is 0 Å². The van der Waals surface area contributed by atoms with Crippen LogP contribution in [0.1, 0.15) is 75.6 Å². The molecule has 2 aromatic rings. The zero-order chi connectivity index (χ0) is 21.6. The Labute approximate surface area is 175 Å². The number of hydrogen-bond acceptors (Lipinski definition) is 3. The first-order chi connectivity index (χ1) is 13.7. The summed E-state index contributed by atoms with van der Waals surface area (Å²) in [5, 5.41) is 12.2. The van der Waals surface area contributed by atoms with E-state index in [0.717, 1.165) is 11.3 Å². The molecule has 0 aromatic heterocycles. The molecule has 4 nitrogen and oxygen atoms in total. The summed E-state index contributed by atoms with van der Waals surface area (Å²) in [7, 11) is 0. The molecule has 2 rings (SSSR count). The van der Waals surface area contributed by atoms with Crippen LogP contribution in [0.15, 0.2) is 42.5 Å². The van der Waals surface area contributed by atoms with Crippen LogP contribution in [-0.2, 0) is 11.3 Å². The molecule has 29 heavy (non-hydrogen) atoms. The Kier molecular flexibility index (Phi) is 7.99. The maximum absolute atomic E-state index is 13.0. The van der Waals surface area contributed by atoms with Gasteiger partial charge in [0.05, 0.1) is 18.2 Å². The van der Waals surface area contributed by atoms with E-state index < -0.39 is 0 Å². The van der Waals surface area contributed by atoms with Crippen LogP contribution in [0.3, 0.4) is 0 Å². The number of nitrogens with zero attached hydrogens (tertiary/aromatic N) is 2. The first-order valence-corrected chi connectivity index (χ1v) is 10.4. The third-order valence-corrected chi connectivity index (χ3v) is 5.18. The van der Waals surface area contributed by atoms with Gasteiger partial charge in [-0.1, -0.05) is 58.0 Å². The van der Waals surface area contributed by atoms with Gasteiger partial charge in [0.25, 0.3) is 0 Å². The van der Waals surface area contributed by atoms with Gasteiger partial charge in [0.2, 0.25) is 5.91 Å². The van der Waals surface area contributed by atoms with Crippen molar-refractivity contribution in [2.75, 3.05) is 11.9 Å². The Bertz CT molecular complexity index is 834. The molecular weight excluding hydrogens is 358 g/mol. The highest BCUT2D eigenvalue weighted by molar-refractivity contribution is 5.94. The first kappa shape index (κ1) is 22.6. The second-order valence-corrected chi connectivity index (χ2v) is 8.48. The highest BCUT2D eigenvalue weighted by Gasteiger charge is 2.19. The topological polar surface area (TPSA) is 56.1 Å². The zero-order valence-corrected chi connectivity index (χ0v) is 18.5. The zero-order valence-electron chi connectivity index (χ0n) is 18.5. The Hall–Kier alpha value is -2.64. The minimum Gasteiger partial charge on any atom is -0.324 e. The predicted octanol–water partition coefficient (Wildman–Crippen LogP) is 5.65. The lowest BCUT2D eigenvalue weighted by Gasteiger charge is -2.27. The van der Waals surface area contributed by atoms with Crippen LogP contribution in [0.2, 0.25) is 0 Å². The number of benzene rings is 2. The average Bonchev–Trinajstić information content (AvgIpc) is 2.67. The van der Waals surface area contributed by atoms with Crippen LogP contribution < -0.4 is 5.32 Å². The normalized spacial score (nSPS) is 11.3. The highest BCUT2D eigenvalue weighted by atomic mass is 16.2. The predicted molar refractivity (Wildman–Crippen MR) is 120 cm³/mol.